The Kier molecular flexibility index (Phi) is 5.21. The molecule has 0 saturated carbocycles. The smallest absolute Gasteiger partial charge is 0.199 e. The molecule has 1 aromatic heterocycles. The van der Waals surface area contributed by atoms with Crippen LogP contribution >= 0.6 is 59.1 Å². The van der Waals surface area contributed by atoms with E-state index < -0.39 is 10.7 Å². The van der Waals surface area contributed by atoms with Crippen molar-refractivity contribution < 1.29 is 8.78 Å². The molecule has 6 heteroatoms. The zero-order valence-electron chi connectivity index (χ0n) is 7.87. The predicted octanol–water partition coefficient (Wildman–Crippen LogP) is 5.93. The molecule has 0 radical (unpaired) electrons. The fourth-order valence-electron chi connectivity index (χ4n) is 1.10. The number of alkyl halides is 3. The van der Waals surface area contributed by atoms with E-state index in [1.165, 1.54) is 6.07 Å². The first-order chi connectivity index (χ1) is 6.89. The van der Waals surface area contributed by atoms with Crippen molar-refractivity contribution in [1.29, 1.82) is 0 Å². The van der Waals surface area contributed by atoms with Gasteiger partial charge in [-0.15, -0.1) is 11.3 Å². The van der Waals surface area contributed by atoms with Crippen LogP contribution in [-0.2, 0) is 5.92 Å². The summed E-state index contributed by atoms with van der Waals surface area (Å²) in [4.78, 5) is -0.718. The van der Waals surface area contributed by atoms with Crippen molar-refractivity contribution in [2.24, 2.45) is 0 Å². The average Bonchev–Trinajstić information content (AvgIpc) is 2.48. The lowest BCUT2D eigenvalue weighted by Crippen LogP contribution is -2.24. The summed E-state index contributed by atoms with van der Waals surface area (Å²) in [6.07, 6.45) is 1.19. The third-order valence-corrected chi connectivity index (χ3v) is 6.28. The topological polar surface area (TPSA) is 0 Å². The van der Waals surface area contributed by atoms with Crippen molar-refractivity contribution >= 4 is 59.1 Å². The first-order valence-corrected chi connectivity index (χ1v) is 7.68. The average molecular weight is 427 g/mol. The number of hydrogen-bond acceptors (Lipinski definition) is 1. The summed E-state index contributed by atoms with van der Waals surface area (Å²) < 4.78 is 29.1. The van der Waals surface area contributed by atoms with Gasteiger partial charge in [-0.2, -0.15) is 8.78 Å². The Morgan fingerprint density at radius 2 is 2.07 bits per heavy atom. The minimum absolute atomic E-state index is 0.0802. The van der Waals surface area contributed by atoms with Gasteiger partial charge in [0.25, 0.3) is 5.92 Å². The Hall–Kier alpha value is 1.000. The molecule has 1 aromatic rings. The van der Waals surface area contributed by atoms with Crippen LogP contribution in [0, 0.1) is 0 Å². The lowest BCUT2D eigenvalue weighted by Gasteiger charge is -2.20. The first-order valence-electron chi connectivity index (χ1n) is 4.36. The van der Waals surface area contributed by atoms with E-state index in [0.29, 0.717) is 14.7 Å². The second kappa shape index (κ2) is 5.56. The number of halogens is 5. The third kappa shape index (κ3) is 3.23. The van der Waals surface area contributed by atoms with Gasteiger partial charge in [0, 0.05) is 4.47 Å². The SMILES string of the molecule is CCCC(Br)C(F)(F)c1cc(Br)c(Br)s1. The highest BCUT2D eigenvalue weighted by Gasteiger charge is 2.41. The van der Waals surface area contributed by atoms with Gasteiger partial charge in [0.15, 0.2) is 0 Å². The summed E-state index contributed by atoms with van der Waals surface area (Å²) in [7, 11) is 0. The van der Waals surface area contributed by atoms with E-state index in [4.69, 9.17) is 0 Å². The molecule has 1 rings (SSSR count). The maximum Gasteiger partial charge on any atom is 0.294 e. The Morgan fingerprint density at radius 1 is 1.47 bits per heavy atom. The highest BCUT2D eigenvalue weighted by Crippen LogP contribution is 2.45. The molecule has 0 aromatic carbocycles. The Morgan fingerprint density at radius 3 is 2.47 bits per heavy atom. The Bertz CT molecular complexity index is 319. The van der Waals surface area contributed by atoms with Crippen LogP contribution in [0.3, 0.4) is 0 Å². The Labute approximate surface area is 117 Å². The predicted molar refractivity (Wildman–Crippen MR) is 71.2 cm³/mol. The number of thiophene rings is 1. The lowest BCUT2D eigenvalue weighted by atomic mass is 10.1. The van der Waals surface area contributed by atoms with Crippen LogP contribution in [0.5, 0.6) is 0 Å². The number of rotatable bonds is 4. The summed E-state index contributed by atoms with van der Waals surface area (Å²) in [6, 6.07) is 1.47. The van der Waals surface area contributed by atoms with E-state index in [0.717, 1.165) is 17.8 Å². The molecular formula is C9H9Br3F2S. The van der Waals surface area contributed by atoms with Gasteiger partial charge in [-0.25, -0.2) is 0 Å². The van der Waals surface area contributed by atoms with Gasteiger partial charge >= 0.3 is 0 Å². The second-order valence-corrected chi connectivity index (χ2v) is 7.44. The molecule has 86 valence electrons. The van der Waals surface area contributed by atoms with E-state index in [-0.39, 0.29) is 4.88 Å². The summed E-state index contributed by atoms with van der Waals surface area (Å²) in [5, 5.41) is 0. The molecule has 0 aliphatic heterocycles. The van der Waals surface area contributed by atoms with E-state index in [1.807, 2.05) is 6.92 Å². The van der Waals surface area contributed by atoms with Gasteiger partial charge in [-0.05, 0) is 44.3 Å². The van der Waals surface area contributed by atoms with Gasteiger partial charge < -0.3 is 0 Å². The van der Waals surface area contributed by atoms with Crippen LogP contribution in [0.4, 0.5) is 8.78 Å². The standard InChI is InChI=1S/C9H9Br3F2S/c1-2-3-6(11)9(13,14)7-4-5(10)8(12)15-7/h4,6H,2-3H2,1H3. The summed E-state index contributed by atoms with van der Waals surface area (Å²) in [5.41, 5.74) is 0. The second-order valence-electron chi connectivity index (χ2n) is 3.11. The van der Waals surface area contributed by atoms with Gasteiger partial charge in [0.1, 0.15) is 0 Å². The van der Waals surface area contributed by atoms with Crippen LogP contribution in [0.15, 0.2) is 14.3 Å². The van der Waals surface area contributed by atoms with Crippen LogP contribution in [0.2, 0.25) is 0 Å². The van der Waals surface area contributed by atoms with Crippen LogP contribution in [0.25, 0.3) is 0 Å². The largest absolute Gasteiger partial charge is 0.294 e. The fraction of sp³-hybridized carbons (Fsp3) is 0.556. The molecule has 1 heterocycles. The molecule has 0 aliphatic rings. The molecular weight excluding hydrogens is 418 g/mol. The molecule has 1 unspecified atom stereocenters. The molecule has 0 N–H and O–H groups in total. The first kappa shape index (κ1) is 14.1. The van der Waals surface area contributed by atoms with E-state index in [1.54, 1.807) is 0 Å². The van der Waals surface area contributed by atoms with Gasteiger partial charge in [0.05, 0.1) is 13.5 Å². The highest BCUT2D eigenvalue weighted by atomic mass is 79.9. The monoisotopic (exact) mass is 424 g/mol. The third-order valence-electron chi connectivity index (χ3n) is 1.91. The van der Waals surface area contributed by atoms with Crippen LogP contribution < -0.4 is 0 Å². The normalized spacial score (nSPS) is 14.3. The molecule has 0 nitrogen and oxygen atoms in total. The zero-order valence-corrected chi connectivity index (χ0v) is 13.4. The molecule has 15 heavy (non-hydrogen) atoms. The molecule has 1 atom stereocenters. The fourth-order valence-corrected chi connectivity index (χ4v) is 4.02. The van der Waals surface area contributed by atoms with Crippen molar-refractivity contribution in [3.63, 3.8) is 0 Å². The highest BCUT2D eigenvalue weighted by molar-refractivity contribution is 9.13. The maximum atomic E-state index is 13.9. The zero-order chi connectivity index (χ0) is 11.6. The summed E-state index contributed by atoms with van der Waals surface area (Å²) in [5.74, 6) is -2.81. The maximum absolute atomic E-state index is 13.9. The molecule has 0 saturated heterocycles. The van der Waals surface area contributed by atoms with Crippen LogP contribution in [0.1, 0.15) is 24.6 Å². The van der Waals surface area contributed by atoms with Crippen molar-refractivity contribution in [3.05, 3.63) is 19.2 Å². The van der Waals surface area contributed by atoms with E-state index >= 15 is 0 Å². The van der Waals surface area contributed by atoms with E-state index in [9.17, 15) is 8.78 Å². The van der Waals surface area contributed by atoms with Crippen molar-refractivity contribution in [2.45, 2.75) is 30.5 Å². The minimum Gasteiger partial charge on any atom is -0.199 e. The van der Waals surface area contributed by atoms with Gasteiger partial charge in [-0.3, -0.25) is 0 Å². The van der Waals surface area contributed by atoms with E-state index in [2.05, 4.69) is 47.8 Å². The van der Waals surface area contributed by atoms with Crippen LogP contribution in [-0.4, -0.2) is 4.83 Å². The summed E-state index contributed by atoms with van der Waals surface area (Å²) in [6.45, 7) is 1.89. The molecule has 0 spiro atoms. The van der Waals surface area contributed by atoms with Gasteiger partial charge in [-0.1, -0.05) is 29.3 Å². The molecule has 0 fully saturated rings. The van der Waals surface area contributed by atoms with Gasteiger partial charge in [0.2, 0.25) is 0 Å². The molecule has 0 bridgehead atoms. The number of hydrogen-bond donors (Lipinski definition) is 0. The quantitative estimate of drug-likeness (QED) is 0.523. The molecule has 0 amide bonds. The minimum atomic E-state index is -2.81. The van der Waals surface area contributed by atoms with Crippen molar-refractivity contribution in [1.82, 2.24) is 0 Å². The summed E-state index contributed by atoms with van der Waals surface area (Å²) >= 11 is 10.6. The van der Waals surface area contributed by atoms with Crippen molar-refractivity contribution in [2.75, 3.05) is 0 Å². The van der Waals surface area contributed by atoms with Crippen molar-refractivity contribution in [3.8, 4) is 0 Å². The molecule has 0 aliphatic carbocycles. The Balaban J connectivity index is 2.94. The lowest BCUT2D eigenvalue weighted by molar-refractivity contribution is -0.00272.